The Morgan fingerprint density at radius 2 is 1.85 bits per heavy atom. The minimum atomic E-state index is -0.327. The van der Waals surface area contributed by atoms with E-state index in [4.69, 9.17) is 4.74 Å². The van der Waals surface area contributed by atoms with E-state index >= 15 is 0 Å². The Bertz CT molecular complexity index is 599. The normalized spacial score (nSPS) is 21.1. The molecule has 0 N–H and O–H groups in total. The first-order valence-corrected chi connectivity index (χ1v) is 7.06. The zero-order chi connectivity index (χ0) is 14.3. The molecule has 0 spiro atoms. The number of hydrogen-bond donors (Lipinski definition) is 0. The molecule has 1 aliphatic heterocycles. The average molecular weight is 269 g/mol. The van der Waals surface area contributed by atoms with E-state index in [9.17, 15) is 4.79 Å². The van der Waals surface area contributed by atoms with Gasteiger partial charge in [-0.25, -0.2) is 9.79 Å². The van der Waals surface area contributed by atoms with Crippen LogP contribution in [0.1, 0.15) is 44.7 Å². The van der Waals surface area contributed by atoms with Crippen LogP contribution in [0.15, 0.2) is 35.0 Å². The highest BCUT2D eigenvalue weighted by Crippen LogP contribution is 2.34. The molecule has 1 aromatic rings. The number of aliphatic imine (C=N–C) groups is 1. The van der Waals surface area contributed by atoms with E-state index in [0.717, 1.165) is 18.4 Å². The van der Waals surface area contributed by atoms with Crippen molar-refractivity contribution >= 4 is 17.9 Å². The number of carbonyl (C=O) groups excluding carboxylic acids is 1. The monoisotopic (exact) mass is 269 g/mol. The SMILES string of the molecule is CC(C)(C)c1ccc(/C=C2/N=C(C3CC3)OC2=O)cc1. The first-order chi connectivity index (χ1) is 9.43. The van der Waals surface area contributed by atoms with Gasteiger partial charge in [0.15, 0.2) is 5.70 Å². The highest BCUT2D eigenvalue weighted by molar-refractivity contribution is 6.08. The van der Waals surface area contributed by atoms with E-state index in [1.165, 1.54) is 5.56 Å². The van der Waals surface area contributed by atoms with E-state index in [0.29, 0.717) is 17.5 Å². The van der Waals surface area contributed by atoms with Gasteiger partial charge in [0, 0.05) is 5.92 Å². The third-order valence-electron chi connectivity index (χ3n) is 3.64. The Balaban J connectivity index is 1.83. The molecule has 1 saturated carbocycles. The third-order valence-corrected chi connectivity index (χ3v) is 3.64. The quantitative estimate of drug-likeness (QED) is 0.606. The fourth-order valence-electron chi connectivity index (χ4n) is 2.17. The van der Waals surface area contributed by atoms with Crippen LogP contribution in [0, 0.1) is 5.92 Å². The summed E-state index contributed by atoms with van der Waals surface area (Å²) in [5.41, 5.74) is 2.80. The lowest BCUT2D eigenvalue weighted by molar-refractivity contribution is -0.130. The second kappa shape index (κ2) is 4.58. The van der Waals surface area contributed by atoms with Gasteiger partial charge < -0.3 is 4.74 Å². The van der Waals surface area contributed by atoms with Gasteiger partial charge in [-0.1, -0.05) is 45.0 Å². The van der Waals surface area contributed by atoms with Crippen molar-refractivity contribution in [2.75, 3.05) is 0 Å². The van der Waals surface area contributed by atoms with Crippen LogP contribution < -0.4 is 0 Å². The van der Waals surface area contributed by atoms with E-state index in [1.54, 1.807) is 6.08 Å². The summed E-state index contributed by atoms with van der Waals surface area (Å²) >= 11 is 0. The molecule has 3 heteroatoms. The van der Waals surface area contributed by atoms with Crippen LogP contribution in [-0.2, 0) is 14.9 Å². The van der Waals surface area contributed by atoms with Gasteiger partial charge in [-0.15, -0.1) is 0 Å². The molecule has 20 heavy (non-hydrogen) atoms. The molecule has 0 bridgehead atoms. The zero-order valence-corrected chi connectivity index (χ0v) is 12.1. The Morgan fingerprint density at radius 3 is 2.40 bits per heavy atom. The van der Waals surface area contributed by atoms with Crippen LogP contribution in [0.2, 0.25) is 0 Å². The molecular weight excluding hydrogens is 250 g/mol. The van der Waals surface area contributed by atoms with Crippen LogP contribution in [0.3, 0.4) is 0 Å². The van der Waals surface area contributed by atoms with Crippen LogP contribution in [-0.4, -0.2) is 11.9 Å². The number of rotatable bonds is 2. The van der Waals surface area contributed by atoms with Gasteiger partial charge in [0.1, 0.15) is 0 Å². The van der Waals surface area contributed by atoms with E-state index < -0.39 is 0 Å². The second-order valence-electron chi connectivity index (χ2n) is 6.52. The number of cyclic esters (lactones) is 1. The van der Waals surface area contributed by atoms with Gasteiger partial charge in [0.25, 0.3) is 0 Å². The lowest BCUT2D eigenvalue weighted by Crippen LogP contribution is -2.10. The maximum absolute atomic E-state index is 11.7. The van der Waals surface area contributed by atoms with Crippen molar-refractivity contribution in [3.63, 3.8) is 0 Å². The fourth-order valence-corrected chi connectivity index (χ4v) is 2.17. The standard InChI is InChI=1S/C17H19NO2/c1-17(2,3)13-8-4-11(5-9-13)10-14-16(19)20-15(18-14)12-6-7-12/h4-5,8-10,12H,6-7H2,1-3H3/b14-10+. The first kappa shape index (κ1) is 13.1. The Hall–Kier alpha value is -1.90. The van der Waals surface area contributed by atoms with Crippen molar-refractivity contribution < 1.29 is 9.53 Å². The van der Waals surface area contributed by atoms with Gasteiger partial charge in [-0.2, -0.15) is 0 Å². The molecular formula is C17H19NO2. The molecule has 1 aliphatic carbocycles. The number of hydrogen-bond acceptors (Lipinski definition) is 3. The van der Waals surface area contributed by atoms with Crippen LogP contribution in [0.5, 0.6) is 0 Å². The molecule has 3 nitrogen and oxygen atoms in total. The highest BCUT2D eigenvalue weighted by Gasteiger charge is 2.35. The van der Waals surface area contributed by atoms with Gasteiger partial charge >= 0.3 is 5.97 Å². The average Bonchev–Trinajstić information content (AvgIpc) is 3.16. The van der Waals surface area contributed by atoms with Crippen molar-refractivity contribution in [1.29, 1.82) is 0 Å². The summed E-state index contributed by atoms with van der Waals surface area (Å²) in [6, 6.07) is 8.23. The predicted molar refractivity (Wildman–Crippen MR) is 79.4 cm³/mol. The molecule has 0 unspecified atom stereocenters. The molecule has 0 saturated heterocycles. The summed E-state index contributed by atoms with van der Waals surface area (Å²) in [5, 5.41) is 0. The van der Waals surface area contributed by atoms with Crippen molar-refractivity contribution in [2.45, 2.75) is 39.0 Å². The molecule has 0 radical (unpaired) electrons. The summed E-state index contributed by atoms with van der Waals surface area (Å²) in [4.78, 5) is 16.0. The highest BCUT2D eigenvalue weighted by atomic mass is 16.6. The maximum Gasteiger partial charge on any atom is 0.363 e. The van der Waals surface area contributed by atoms with Gasteiger partial charge in [-0.05, 0) is 35.5 Å². The van der Waals surface area contributed by atoms with Gasteiger partial charge in [-0.3, -0.25) is 0 Å². The Kier molecular flexibility index (Phi) is 3.00. The van der Waals surface area contributed by atoms with Crippen molar-refractivity contribution in [3.05, 3.63) is 41.1 Å². The molecule has 0 amide bonds. The number of benzene rings is 1. The molecule has 0 atom stereocenters. The fraction of sp³-hybridized carbons (Fsp3) is 0.412. The topological polar surface area (TPSA) is 38.7 Å². The van der Waals surface area contributed by atoms with Crippen molar-refractivity contribution in [2.24, 2.45) is 10.9 Å². The molecule has 1 fully saturated rings. The number of ether oxygens (including phenoxy) is 1. The summed E-state index contributed by atoms with van der Waals surface area (Å²) in [6.45, 7) is 6.54. The third kappa shape index (κ3) is 2.67. The minimum absolute atomic E-state index is 0.134. The summed E-state index contributed by atoms with van der Waals surface area (Å²) in [6.07, 6.45) is 3.96. The van der Waals surface area contributed by atoms with Gasteiger partial charge in [0.2, 0.25) is 5.90 Å². The first-order valence-electron chi connectivity index (χ1n) is 7.06. The minimum Gasteiger partial charge on any atom is -0.406 e. The van der Waals surface area contributed by atoms with E-state index in [1.807, 2.05) is 12.1 Å². The Labute approximate surface area is 119 Å². The smallest absolute Gasteiger partial charge is 0.363 e. The van der Waals surface area contributed by atoms with Crippen molar-refractivity contribution in [3.8, 4) is 0 Å². The molecule has 0 aromatic heterocycles. The van der Waals surface area contributed by atoms with Crippen LogP contribution in [0.4, 0.5) is 0 Å². The molecule has 1 heterocycles. The molecule has 104 valence electrons. The van der Waals surface area contributed by atoms with Crippen LogP contribution >= 0.6 is 0 Å². The summed E-state index contributed by atoms with van der Waals surface area (Å²) in [7, 11) is 0. The number of esters is 1. The largest absolute Gasteiger partial charge is 0.406 e. The summed E-state index contributed by atoms with van der Waals surface area (Å²) < 4.78 is 5.19. The molecule has 3 rings (SSSR count). The molecule has 2 aliphatic rings. The number of carbonyl (C=O) groups is 1. The maximum atomic E-state index is 11.7. The second-order valence-corrected chi connectivity index (χ2v) is 6.52. The lowest BCUT2D eigenvalue weighted by Gasteiger charge is -2.18. The Morgan fingerprint density at radius 1 is 1.20 bits per heavy atom. The summed E-state index contributed by atoms with van der Waals surface area (Å²) in [5.74, 6) is 0.646. The van der Waals surface area contributed by atoms with E-state index in [-0.39, 0.29) is 11.4 Å². The lowest BCUT2D eigenvalue weighted by atomic mass is 9.87. The molecule has 1 aromatic carbocycles. The van der Waals surface area contributed by atoms with Crippen molar-refractivity contribution in [1.82, 2.24) is 0 Å². The van der Waals surface area contributed by atoms with E-state index in [2.05, 4.69) is 37.9 Å². The van der Waals surface area contributed by atoms with Crippen LogP contribution in [0.25, 0.3) is 6.08 Å². The zero-order valence-electron chi connectivity index (χ0n) is 12.1. The number of nitrogens with zero attached hydrogens (tertiary/aromatic N) is 1. The predicted octanol–water partition coefficient (Wildman–Crippen LogP) is 3.69. The van der Waals surface area contributed by atoms with Gasteiger partial charge in [0.05, 0.1) is 0 Å².